The highest BCUT2D eigenvalue weighted by atomic mass is 16.5. The van der Waals surface area contributed by atoms with Gasteiger partial charge in [0.05, 0.1) is 11.8 Å². The fourth-order valence-corrected chi connectivity index (χ4v) is 1.06. The maximum atomic E-state index is 11.1. The molecular weight excluding hydrogens is 160 g/mol. The molecule has 12 heavy (non-hydrogen) atoms. The Labute approximate surface area is 66.7 Å². The summed E-state index contributed by atoms with van der Waals surface area (Å²) in [4.78, 5) is 26.3. The molecule has 1 aromatic heterocycles. The topological polar surface area (TPSA) is 75.0 Å². The molecule has 5 nitrogen and oxygen atoms in total. The van der Waals surface area contributed by atoms with Crippen molar-refractivity contribution >= 4 is 0 Å². The van der Waals surface area contributed by atoms with Gasteiger partial charge in [-0.2, -0.15) is 0 Å². The molecule has 0 spiro atoms. The van der Waals surface area contributed by atoms with E-state index in [0.717, 1.165) is 0 Å². The van der Waals surface area contributed by atoms with Crippen LogP contribution in [0.3, 0.4) is 0 Å². The Morgan fingerprint density at radius 2 is 2.17 bits per heavy atom. The van der Waals surface area contributed by atoms with Gasteiger partial charge in [0.2, 0.25) is 5.88 Å². The van der Waals surface area contributed by atoms with Crippen molar-refractivity contribution in [3.8, 4) is 5.88 Å². The first-order valence-electron chi connectivity index (χ1n) is 3.44. The number of nitrogens with one attached hydrogen (secondary N) is 2. The number of hydrogen-bond acceptors (Lipinski definition) is 3. The first-order valence-corrected chi connectivity index (χ1v) is 3.44. The van der Waals surface area contributed by atoms with Crippen molar-refractivity contribution in [2.75, 3.05) is 0 Å². The minimum absolute atomic E-state index is 0.242. The molecule has 0 fully saturated rings. The molecule has 0 aromatic carbocycles. The number of allylic oxidation sites excluding steroid dienone is 1. The molecule has 1 aromatic rings. The van der Waals surface area contributed by atoms with Gasteiger partial charge in [-0.15, -0.1) is 0 Å². The van der Waals surface area contributed by atoms with Crippen LogP contribution < -0.4 is 16.0 Å². The van der Waals surface area contributed by atoms with Gasteiger partial charge in [-0.1, -0.05) is 0 Å². The smallest absolute Gasteiger partial charge is 0.328 e. The van der Waals surface area contributed by atoms with E-state index >= 15 is 0 Å². The fourth-order valence-electron chi connectivity index (χ4n) is 1.06. The van der Waals surface area contributed by atoms with Crippen LogP contribution in [0.5, 0.6) is 5.88 Å². The Morgan fingerprint density at radius 1 is 1.33 bits per heavy atom. The third-order valence-electron chi connectivity index (χ3n) is 1.61. The quantitative estimate of drug-likeness (QED) is 0.546. The zero-order chi connectivity index (χ0) is 8.55. The zero-order valence-electron chi connectivity index (χ0n) is 6.09. The van der Waals surface area contributed by atoms with Crippen LogP contribution in [0.4, 0.5) is 0 Å². The second-order valence-electron chi connectivity index (χ2n) is 2.41. The molecule has 0 unspecified atom stereocenters. The van der Waals surface area contributed by atoms with Crippen molar-refractivity contribution in [1.82, 2.24) is 9.97 Å². The lowest BCUT2D eigenvalue weighted by atomic mass is 10.2. The predicted octanol–water partition coefficient (Wildman–Crippen LogP) is -0.488. The Morgan fingerprint density at radius 3 is 3.00 bits per heavy atom. The van der Waals surface area contributed by atoms with Gasteiger partial charge in [-0.05, 0) is 6.08 Å². The van der Waals surface area contributed by atoms with Gasteiger partial charge in [-0.3, -0.25) is 14.8 Å². The van der Waals surface area contributed by atoms with Crippen LogP contribution in [-0.4, -0.2) is 9.97 Å². The summed E-state index contributed by atoms with van der Waals surface area (Å²) in [5.41, 5.74) is -0.482. The molecule has 0 atom stereocenters. The van der Waals surface area contributed by atoms with E-state index < -0.39 is 11.2 Å². The second-order valence-corrected chi connectivity index (χ2v) is 2.41. The third-order valence-corrected chi connectivity index (χ3v) is 1.61. The highest BCUT2D eigenvalue weighted by Gasteiger charge is 2.11. The summed E-state index contributed by atoms with van der Waals surface area (Å²) in [5, 5.41) is 0. The first kappa shape index (κ1) is 6.90. The third kappa shape index (κ3) is 0.952. The minimum Gasteiger partial charge on any atom is -0.448 e. The molecule has 0 saturated carbocycles. The van der Waals surface area contributed by atoms with Crippen molar-refractivity contribution in [3.63, 3.8) is 0 Å². The monoisotopic (exact) mass is 166 g/mol. The first-order chi connectivity index (χ1) is 5.77. The molecule has 0 saturated heterocycles. The highest BCUT2D eigenvalue weighted by molar-refractivity contribution is 5.27. The van der Waals surface area contributed by atoms with Crippen molar-refractivity contribution < 1.29 is 4.74 Å². The fraction of sp³-hybridized carbons (Fsp3) is 0.143. The van der Waals surface area contributed by atoms with Gasteiger partial charge in [0.1, 0.15) is 0 Å². The summed E-state index contributed by atoms with van der Waals surface area (Å²) in [7, 11) is 0. The molecule has 0 amide bonds. The van der Waals surface area contributed by atoms with E-state index in [-0.39, 0.29) is 5.88 Å². The van der Waals surface area contributed by atoms with Gasteiger partial charge in [-0.25, -0.2) is 4.79 Å². The van der Waals surface area contributed by atoms with Crippen molar-refractivity contribution in [2.24, 2.45) is 0 Å². The second kappa shape index (κ2) is 2.37. The largest absolute Gasteiger partial charge is 0.448 e. The molecule has 1 aliphatic heterocycles. The standard InChI is InChI=1S/C7H6N2O3/c10-5-4-2-1-3-12-6(4)9-7(11)8-5/h1,3H,2H2,(H2,8,9,10,11). The van der Waals surface area contributed by atoms with Crippen LogP contribution >= 0.6 is 0 Å². The van der Waals surface area contributed by atoms with Crippen LogP contribution in [0.2, 0.25) is 0 Å². The molecule has 1 aliphatic rings. The van der Waals surface area contributed by atoms with Gasteiger partial charge in [0, 0.05) is 6.42 Å². The number of ether oxygens (including phenoxy) is 1. The van der Waals surface area contributed by atoms with E-state index in [1.54, 1.807) is 6.08 Å². The summed E-state index contributed by atoms with van der Waals surface area (Å²) in [6.45, 7) is 0. The van der Waals surface area contributed by atoms with E-state index in [2.05, 4.69) is 9.97 Å². The van der Waals surface area contributed by atoms with Gasteiger partial charge >= 0.3 is 5.69 Å². The Kier molecular flexibility index (Phi) is 1.36. The van der Waals surface area contributed by atoms with Crippen LogP contribution in [0, 0.1) is 0 Å². The summed E-state index contributed by atoms with van der Waals surface area (Å²) < 4.78 is 4.93. The normalized spacial score (nSPS) is 13.7. The van der Waals surface area contributed by atoms with Gasteiger partial charge < -0.3 is 4.74 Å². The molecule has 2 rings (SSSR count). The number of aromatic nitrogens is 2. The molecule has 0 aliphatic carbocycles. The number of H-pyrrole nitrogens is 2. The SMILES string of the molecule is O=c1[nH]c2c(c(=O)[nH]1)CC=CO2. The van der Waals surface area contributed by atoms with E-state index in [1.807, 2.05) is 0 Å². The highest BCUT2D eigenvalue weighted by Crippen LogP contribution is 2.13. The lowest BCUT2D eigenvalue weighted by Crippen LogP contribution is -2.26. The number of hydrogen-bond donors (Lipinski definition) is 2. The van der Waals surface area contributed by atoms with E-state index in [4.69, 9.17) is 4.74 Å². The maximum absolute atomic E-state index is 11.1. The lowest BCUT2D eigenvalue weighted by Gasteiger charge is -2.08. The van der Waals surface area contributed by atoms with Gasteiger partial charge in [0.25, 0.3) is 5.56 Å². The lowest BCUT2D eigenvalue weighted by molar-refractivity contribution is 0.439. The predicted molar refractivity (Wildman–Crippen MR) is 41.2 cm³/mol. The van der Waals surface area contributed by atoms with E-state index in [1.165, 1.54) is 6.26 Å². The average molecular weight is 166 g/mol. The minimum atomic E-state index is -0.547. The maximum Gasteiger partial charge on any atom is 0.328 e. The number of fused-ring (bicyclic) bond motifs is 1. The summed E-state index contributed by atoms with van der Waals surface area (Å²) in [5.74, 6) is 0.242. The molecule has 0 bridgehead atoms. The Bertz CT molecular complexity index is 441. The van der Waals surface area contributed by atoms with Crippen molar-refractivity contribution in [2.45, 2.75) is 6.42 Å². The Balaban J connectivity index is 2.73. The molecule has 2 heterocycles. The molecular formula is C7H6N2O3. The zero-order valence-corrected chi connectivity index (χ0v) is 6.09. The van der Waals surface area contributed by atoms with Crippen LogP contribution in [-0.2, 0) is 6.42 Å². The summed E-state index contributed by atoms with van der Waals surface area (Å²) in [6, 6.07) is 0. The summed E-state index contributed by atoms with van der Waals surface area (Å²) >= 11 is 0. The van der Waals surface area contributed by atoms with E-state index in [9.17, 15) is 9.59 Å². The number of aromatic amines is 2. The molecule has 62 valence electrons. The van der Waals surface area contributed by atoms with Gasteiger partial charge in [0.15, 0.2) is 0 Å². The summed E-state index contributed by atoms with van der Waals surface area (Å²) in [6.07, 6.45) is 3.63. The molecule has 2 N–H and O–H groups in total. The number of rotatable bonds is 0. The van der Waals surface area contributed by atoms with Crippen LogP contribution in [0.1, 0.15) is 5.56 Å². The average Bonchev–Trinajstić information content (AvgIpc) is 2.04. The van der Waals surface area contributed by atoms with Crippen molar-refractivity contribution in [3.05, 3.63) is 38.7 Å². The molecule has 0 radical (unpaired) electrons. The molecule has 5 heteroatoms. The van der Waals surface area contributed by atoms with Crippen LogP contribution in [0.15, 0.2) is 21.9 Å². The van der Waals surface area contributed by atoms with Crippen LogP contribution in [0.25, 0.3) is 0 Å². The van der Waals surface area contributed by atoms with E-state index in [0.29, 0.717) is 12.0 Å². The Hall–Kier alpha value is -1.78. The van der Waals surface area contributed by atoms with Crippen molar-refractivity contribution in [1.29, 1.82) is 0 Å².